The molecule has 16 nitrogen and oxygen atoms in total. The molecular weight excluding hydrogens is 914 g/mol. The van der Waals surface area contributed by atoms with E-state index in [1.807, 2.05) is 42.3 Å². The second-order valence-electron chi connectivity index (χ2n) is 20.6. The molecule has 68 heavy (non-hydrogen) atoms. The number of rotatable bonds is 48. The number of likely N-dealkylation sites (N-methyl/N-ethyl adjacent to an activating group) is 2. The molecule has 0 aromatic heterocycles. The predicted octanol–water partition coefficient (Wildman–Crippen LogP) is 11.2. The van der Waals surface area contributed by atoms with E-state index in [0.29, 0.717) is 34.9 Å². The summed E-state index contributed by atoms with van der Waals surface area (Å²) >= 11 is 0. The van der Waals surface area contributed by atoms with Gasteiger partial charge in [0.15, 0.2) is 0 Å². The SMILES string of the molecule is CCCCCCCCCCCCCCCC(=O)OCC(O)COP(=O)(O)OCC[N+](C)(C)C.CCCCCCCCCCCCCCCCCC(=O)OCC(O)COP(=O)(O)OCC[N+](C)(C)C. The van der Waals surface area contributed by atoms with Crippen molar-refractivity contribution in [2.24, 2.45) is 0 Å². The number of quaternary nitrogens is 2. The largest absolute Gasteiger partial charge is 0.472 e. The number of hydrogen-bond acceptors (Lipinski definition) is 12. The van der Waals surface area contributed by atoms with Gasteiger partial charge in [-0.2, -0.15) is 0 Å². The molecule has 0 saturated heterocycles. The zero-order valence-electron chi connectivity index (χ0n) is 44.7. The predicted molar refractivity (Wildman–Crippen MR) is 273 cm³/mol. The van der Waals surface area contributed by atoms with E-state index >= 15 is 0 Å². The van der Waals surface area contributed by atoms with Gasteiger partial charge in [0, 0.05) is 12.8 Å². The van der Waals surface area contributed by atoms with Crippen LogP contribution >= 0.6 is 15.6 Å². The van der Waals surface area contributed by atoms with E-state index in [0.717, 1.165) is 38.5 Å². The molecule has 0 radical (unpaired) electrons. The molecule has 4 atom stereocenters. The molecule has 0 heterocycles. The lowest BCUT2D eigenvalue weighted by atomic mass is 10.0. The second kappa shape index (κ2) is 44.7. The van der Waals surface area contributed by atoms with Crippen molar-refractivity contribution in [1.82, 2.24) is 0 Å². The lowest BCUT2D eigenvalue weighted by Gasteiger charge is -2.24. The van der Waals surface area contributed by atoms with Crippen LogP contribution < -0.4 is 0 Å². The highest BCUT2D eigenvalue weighted by Crippen LogP contribution is 2.43. The molecule has 0 aromatic carbocycles. The summed E-state index contributed by atoms with van der Waals surface area (Å²) in [6.07, 6.45) is 33.4. The molecule has 4 N–H and O–H groups in total. The van der Waals surface area contributed by atoms with Crippen molar-refractivity contribution in [3.05, 3.63) is 0 Å². The zero-order valence-corrected chi connectivity index (χ0v) is 46.5. The average Bonchev–Trinajstić information content (AvgIpc) is 3.25. The number of esters is 2. The van der Waals surface area contributed by atoms with E-state index in [4.69, 9.17) is 27.6 Å². The van der Waals surface area contributed by atoms with Crippen molar-refractivity contribution in [3.63, 3.8) is 0 Å². The van der Waals surface area contributed by atoms with Crippen LogP contribution in [0.2, 0.25) is 0 Å². The lowest BCUT2D eigenvalue weighted by molar-refractivity contribution is -0.870. The van der Waals surface area contributed by atoms with Gasteiger partial charge in [-0.15, -0.1) is 0 Å². The number of carbonyl (C=O) groups is 2. The maximum absolute atomic E-state index is 11.8. The van der Waals surface area contributed by atoms with E-state index < -0.39 is 41.1 Å². The van der Waals surface area contributed by atoms with Crippen LogP contribution in [-0.2, 0) is 46.3 Å². The smallest absolute Gasteiger partial charge is 0.463 e. The van der Waals surface area contributed by atoms with Crippen molar-refractivity contribution in [1.29, 1.82) is 0 Å². The monoisotopic (exact) mass is 1020 g/mol. The van der Waals surface area contributed by atoms with Gasteiger partial charge in [-0.3, -0.25) is 27.7 Å². The van der Waals surface area contributed by atoms with Gasteiger partial charge in [-0.25, -0.2) is 9.13 Å². The number of hydrogen-bond donors (Lipinski definition) is 4. The summed E-state index contributed by atoms with van der Waals surface area (Å²) in [5.74, 6) is -0.742. The maximum Gasteiger partial charge on any atom is 0.472 e. The van der Waals surface area contributed by atoms with Gasteiger partial charge in [0.2, 0.25) is 0 Å². The van der Waals surface area contributed by atoms with Crippen molar-refractivity contribution in [2.45, 2.75) is 219 Å². The Morgan fingerprint density at radius 2 is 0.632 bits per heavy atom. The van der Waals surface area contributed by atoms with E-state index in [1.165, 1.54) is 141 Å². The third kappa shape index (κ3) is 55.9. The van der Waals surface area contributed by atoms with Crippen molar-refractivity contribution < 1.29 is 75.3 Å². The number of unbranched alkanes of at least 4 members (excludes halogenated alkanes) is 26. The molecule has 0 aliphatic rings. The number of aliphatic hydroxyl groups is 2. The summed E-state index contributed by atoms with van der Waals surface area (Å²) in [4.78, 5) is 42.8. The summed E-state index contributed by atoms with van der Waals surface area (Å²) in [5.41, 5.74) is 0. The van der Waals surface area contributed by atoms with Gasteiger partial charge in [0.1, 0.15) is 51.7 Å². The van der Waals surface area contributed by atoms with E-state index in [2.05, 4.69) is 13.8 Å². The fourth-order valence-electron chi connectivity index (χ4n) is 6.84. The molecule has 4 unspecified atom stereocenters. The normalized spacial score (nSPS) is 14.6. The highest BCUT2D eigenvalue weighted by molar-refractivity contribution is 7.47. The molecule has 0 aliphatic carbocycles. The number of ether oxygens (including phenoxy) is 2. The zero-order chi connectivity index (χ0) is 51.4. The Balaban J connectivity index is 0. The quantitative estimate of drug-likeness (QED) is 0.0194. The molecule has 0 aliphatic heterocycles. The fourth-order valence-corrected chi connectivity index (χ4v) is 8.34. The summed E-state index contributed by atoms with van der Waals surface area (Å²) in [5, 5.41) is 19.6. The highest BCUT2D eigenvalue weighted by Gasteiger charge is 2.26. The first-order valence-electron chi connectivity index (χ1n) is 26.6. The number of phosphoric ester groups is 2. The topological polar surface area (TPSA) is 205 Å². The van der Waals surface area contributed by atoms with E-state index in [9.17, 15) is 38.7 Å². The minimum atomic E-state index is -4.24. The average molecular weight is 1020 g/mol. The van der Waals surface area contributed by atoms with Crippen LogP contribution in [0.5, 0.6) is 0 Å². The molecule has 0 fully saturated rings. The van der Waals surface area contributed by atoms with Gasteiger partial charge in [-0.1, -0.05) is 181 Å². The van der Waals surface area contributed by atoms with Crippen molar-refractivity contribution >= 4 is 27.6 Å². The first kappa shape index (κ1) is 69.1. The van der Waals surface area contributed by atoms with E-state index in [1.54, 1.807) is 0 Å². The van der Waals surface area contributed by atoms with Gasteiger partial charge < -0.3 is 38.4 Å². The van der Waals surface area contributed by atoms with Gasteiger partial charge in [0.05, 0.1) is 55.5 Å². The summed E-state index contributed by atoms with van der Waals surface area (Å²) < 4.78 is 54.1. The summed E-state index contributed by atoms with van der Waals surface area (Å²) in [6.45, 7) is 4.27. The molecule has 0 saturated carbocycles. The molecule has 18 heteroatoms. The molecule has 0 aromatic rings. The molecular formula is C50H106N2O14P2+2. The second-order valence-corrected chi connectivity index (χ2v) is 23.5. The Labute approximate surface area is 415 Å². The van der Waals surface area contributed by atoms with Crippen LogP contribution in [0.3, 0.4) is 0 Å². The van der Waals surface area contributed by atoms with Gasteiger partial charge >= 0.3 is 27.6 Å². The minimum Gasteiger partial charge on any atom is -0.463 e. The Hall–Kier alpha value is -1.00. The standard InChI is InChI=1S/C26H54NO7P.C24H50NO7P/c1-5-6-7-8-9-10-11-12-13-14-15-16-17-18-19-20-26(29)32-23-25(28)24-34-35(30,31)33-22-21-27(2,3)4;1-5-6-7-8-9-10-11-12-13-14-15-16-17-18-24(27)30-21-23(26)22-32-33(28,29)31-20-19-25(2,3)4/h25,28H,5-24H2,1-4H3;23,26H,5-22H2,1-4H3/p+2. The number of carbonyl (C=O) groups excluding carboxylic acids is 2. The van der Waals surface area contributed by atoms with Gasteiger partial charge in [-0.05, 0) is 12.8 Å². The Bertz CT molecular complexity index is 1270. The minimum absolute atomic E-state index is 0.0570. The van der Waals surface area contributed by atoms with Crippen LogP contribution in [0, 0.1) is 0 Å². The lowest BCUT2D eigenvalue weighted by Crippen LogP contribution is -2.37. The third-order valence-electron chi connectivity index (χ3n) is 11.2. The Morgan fingerprint density at radius 3 is 0.868 bits per heavy atom. The maximum atomic E-state index is 11.8. The summed E-state index contributed by atoms with van der Waals surface area (Å²) in [7, 11) is 3.13. The fraction of sp³-hybridized carbons (Fsp3) is 0.960. The first-order chi connectivity index (χ1) is 32.1. The number of phosphoric acid groups is 2. The van der Waals surface area contributed by atoms with Crippen LogP contribution in [0.15, 0.2) is 0 Å². The Kier molecular flexibility index (Phi) is 45.4. The van der Waals surface area contributed by atoms with Crippen LogP contribution in [-0.4, -0.2) is 148 Å². The first-order valence-corrected chi connectivity index (χ1v) is 29.6. The molecule has 0 amide bonds. The molecule has 0 spiro atoms. The number of nitrogens with zero attached hydrogens (tertiary/aromatic N) is 2. The third-order valence-corrected chi connectivity index (χ3v) is 13.2. The van der Waals surface area contributed by atoms with Crippen molar-refractivity contribution in [2.75, 3.05) is 95.0 Å². The molecule has 0 rings (SSSR count). The van der Waals surface area contributed by atoms with Gasteiger partial charge in [0.25, 0.3) is 0 Å². The van der Waals surface area contributed by atoms with Crippen LogP contribution in [0.1, 0.15) is 206 Å². The number of aliphatic hydroxyl groups excluding tert-OH is 2. The van der Waals surface area contributed by atoms with Crippen molar-refractivity contribution in [3.8, 4) is 0 Å². The Morgan fingerprint density at radius 1 is 0.397 bits per heavy atom. The molecule has 408 valence electrons. The van der Waals surface area contributed by atoms with Crippen LogP contribution in [0.4, 0.5) is 0 Å². The summed E-state index contributed by atoms with van der Waals surface area (Å²) in [6, 6.07) is 0. The highest BCUT2D eigenvalue weighted by atomic mass is 31.2. The molecule has 0 bridgehead atoms. The van der Waals surface area contributed by atoms with E-state index in [-0.39, 0.29) is 38.4 Å². The van der Waals surface area contributed by atoms with Crippen LogP contribution in [0.25, 0.3) is 0 Å².